The van der Waals surface area contributed by atoms with Gasteiger partial charge in [-0.3, -0.25) is 0 Å². The Balaban J connectivity index is 2.38. The third-order valence-corrected chi connectivity index (χ3v) is 2.73. The average Bonchev–Trinajstić information content (AvgIpc) is 2.34. The van der Waals surface area contributed by atoms with Crippen LogP contribution in [0.3, 0.4) is 0 Å². The lowest BCUT2D eigenvalue weighted by atomic mass is 10.1. The number of carboxylic acids is 1. The number of nitrogen functional groups attached to an aromatic ring is 1. The first kappa shape index (κ1) is 12.9. The summed E-state index contributed by atoms with van der Waals surface area (Å²) in [4.78, 5) is 11.0. The molecule has 98 valence electrons. The molecule has 4 nitrogen and oxygen atoms in total. The molecule has 0 saturated heterocycles. The molecule has 0 saturated carbocycles. The highest BCUT2D eigenvalue weighted by atomic mass is 19.1. The number of hydrogen-bond acceptors (Lipinski definition) is 3. The van der Waals surface area contributed by atoms with E-state index in [1.54, 1.807) is 31.2 Å². The van der Waals surface area contributed by atoms with Crippen molar-refractivity contribution in [1.29, 1.82) is 0 Å². The number of para-hydroxylation sites is 1. The highest BCUT2D eigenvalue weighted by molar-refractivity contribution is 5.97. The zero-order valence-electron chi connectivity index (χ0n) is 10.3. The lowest BCUT2D eigenvalue weighted by Gasteiger charge is -2.12. The fourth-order valence-electron chi connectivity index (χ4n) is 1.73. The van der Waals surface area contributed by atoms with Crippen LogP contribution in [0.15, 0.2) is 36.4 Å². The molecular weight excluding hydrogens is 247 g/mol. The summed E-state index contributed by atoms with van der Waals surface area (Å²) >= 11 is 0. The van der Waals surface area contributed by atoms with Crippen LogP contribution in [0.25, 0.3) is 0 Å². The van der Waals surface area contributed by atoms with Crippen molar-refractivity contribution < 1.29 is 14.3 Å². The van der Waals surface area contributed by atoms with Gasteiger partial charge in [-0.1, -0.05) is 12.1 Å². The summed E-state index contributed by atoms with van der Waals surface area (Å²) in [6.07, 6.45) is 0. The molecule has 2 aromatic carbocycles. The van der Waals surface area contributed by atoms with Gasteiger partial charge in [-0.2, -0.15) is 0 Å². The third-order valence-electron chi connectivity index (χ3n) is 2.73. The van der Waals surface area contributed by atoms with Crippen LogP contribution in [0.5, 0.6) is 0 Å². The zero-order valence-corrected chi connectivity index (χ0v) is 10.3. The van der Waals surface area contributed by atoms with Crippen molar-refractivity contribution in [2.45, 2.75) is 6.92 Å². The number of hydrogen-bond donors (Lipinski definition) is 3. The Bertz CT molecular complexity index is 641. The third kappa shape index (κ3) is 2.65. The molecule has 0 spiro atoms. The number of carbonyl (C=O) groups is 1. The van der Waals surface area contributed by atoms with E-state index in [1.807, 2.05) is 0 Å². The van der Waals surface area contributed by atoms with Crippen LogP contribution >= 0.6 is 0 Å². The fraction of sp³-hybridized carbons (Fsp3) is 0.0714. The van der Waals surface area contributed by atoms with E-state index in [0.717, 1.165) is 5.56 Å². The van der Waals surface area contributed by atoms with E-state index in [9.17, 15) is 9.18 Å². The molecule has 0 unspecified atom stereocenters. The summed E-state index contributed by atoms with van der Waals surface area (Å²) in [5.41, 5.74) is 7.22. The highest BCUT2D eigenvalue weighted by Gasteiger charge is 2.12. The second-order valence-electron chi connectivity index (χ2n) is 4.18. The number of aryl methyl sites for hydroxylation is 1. The molecule has 0 aliphatic heterocycles. The smallest absolute Gasteiger partial charge is 0.337 e. The molecule has 0 radical (unpaired) electrons. The Kier molecular flexibility index (Phi) is 3.37. The number of rotatable bonds is 3. The van der Waals surface area contributed by atoms with Crippen LogP contribution in [0.2, 0.25) is 0 Å². The SMILES string of the molecule is Cc1ccc(Nc2cccc(C(=O)O)c2N)c(F)c1. The number of anilines is 3. The Hall–Kier alpha value is -2.56. The molecule has 0 amide bonds. The Morgan fingerprint density at radius 1 is 1.26 bits per heavy atom. The monoisotopic (exact) mass is 260 g/mol. The lowest BCUT2D eigenvalue weighted by Crippen LogP contribution is -2.05. The molecule has 0 aliphatic carbocycles. The normalized spacial score (nSPS) is 10.2. The van der Waals surface area contributed by atoms with E-state index in [4.69, 9.17) is 10.8 Å². The standard InChI is InChI=1S/C14H13FN2O2/c1-8-5-6-11(10(15)7-8)17-12-4-2-3-9(13(12)16)14(18)19/h2-7,17H,16H2,1H3,(H,18,19). The van der Waals surface area contributed by atoms with E-state index in [1.165, 1.54) is 12.1 Å². The summed E-state index contributed by atoms with van der Waals surface area (Å²) in [6, 6.07) is 9.27. The minimum absolute atomic E-state index is 0.0162. The second-order valence-corrected chi connectivity index (χ2v) is 4.18. The number of halogens is 1. The van der Waals surface area contributed by atoms with Gasteiger partial charge in [0.15, 0.2) is 0 Å². The van der Waals surface area contributed by atoms with Crippen molar-refractivity contribution in [2.24, 2.45) is 0 Å². The summed E-state index contributed by atoms with van der Waals surface area (Å²) in [6.45, 7) is 1.78. The van der Waals surface area contributed by atoms with Crippen LogP contribution < -0.4 is 11.1 Å². The topological polar surface area (TPSA) is 75.3 Å². The molecule has 0 heterocycles. The maximum absolute atomic E-state index is 13.7. The van der Waals surface area contributed by atoms with Gasteiger partial charge >= 0.3 is 5.97 Å². The maximum Gasteiger partial charge on any atom is 0.337 e. The van der Waals surface area contributed by atoms with Crippen molar-refractivity contribution >= 4 is 23.0 Å². The van der Waals surface area contributed by atoms with Gasteiger partial charge in [0.05, 0.1) is 22.6 Å². The summed E-state index contributed by atoms with van der Waals surface area (Å²) in [5.74, 6) is -1.54. The van der Waals surface area contributed by atoms with Gasteiger partial charge in [0.2, 0.25) is 0 Å². The second kappa shape index (κ2) is 4.97. The van der Waals surface area contributed by atoms with Gasteiger partial charge in [-0.05, 0) is 36.8 Å². The minimum Gasteiger partial charge on any atom is -0.478 e. The Morgan fingerprint density at radius 3 is 2.63 bits per heavy atom. The molecular formula is C14H13FN2O2. The van der Waals surface area contributed by atoms with Crippen molar-refractivity contribution in [3.05, 3.63) is 53.3 Å². The van der Waals surface area contributed by atoms with Crippen LogP contribution in [0.1, 0.15) is 15.9 Å². The first-order chi connectivity index (χ1) is 8.99. The summed E-state index contributed by atoms with van der Waals surface area (Å²) in [7, 11) is 0. The Labute approximate surface area is 109 Å². The van der Waals surface area contributed by atoms with Gasteiger partial charge in [0, 0.05) is 0 Å². The number of benzene rings is 2. The first-order valence-electron chi connectivity index (χ1n) is 5.64. The largest absolute Gasteiger partial charge is 0.478 e. The molecule has 0 aromatic heterocycles. The maximum atomic E-state index is 13.7. The van der Waals surface area contributed by atoms with Gasteiger partial charge in [0.25, 0.3) is 0 Å². The van der Waals surface area contributed by atoms with E-state index in [-0.39, 0.29) is 16.9 Å². The minimum atomic E-state index is -1.12. The zero-order chi connectivity index (χ0) is 14.0. The molecule has 2 aromatic rings. The van der Waals surface area contributed by atoms with E-state index < -0.39 is 11.8 Å². The molecule has 0 bridgehead atoms. The number of nitrogens with two attached hydrogens (primary N) is 1. The molecule has 19 heavy (non-hydrogen) atoms. The first-order valence-corrected chi connectivity index (χ1v) is 5.64. The predicted molar refractivity (Wildman–Crippen MR) is 72.2 cm³/mol. The summed E-state index contributed by atoms with van der Waals surface area (Å²) in [5, 5.41) is 11.8. The number of aromatic carboxylic acids is 1. The predicted octanol–water partition coefficient (Wildman–Crippen LogP) is 3.16. The molecule has 0 fully saturated rings. The molecule has 4 N–H and O–H groups in total. The molecule has 5 heteroatoms. The van der Waals surface area contributed by atoms with Crippen molar-refractivity contribution in [3.8, 4) is 0 Å². The van der Waals surface area contributed by atoms with Crippen LogP contribution in [0, 0.1) is 12.7 Å². The van der Waals surface area contributed by atoms with Crippen molar-refractivity contribution in [2.75, 3.05) is 11.1 Å². The quantitative estimate of drug-likeness (QED) is 0.741. The van der Waals surface area contributed by atoms with Crippen molar-refractivity contribution in [3.63, 3.8) is 0 Å². The number of nitrogens with one attached hydrogen (secondary N) is 1. The van der Waals surface area contributed by atoms with Gasteiger partial charge in [-0.25, -0.2) is 9.18 Å². The molecule has 0 aliphatic rings. The molecule has 2 rings (SSSR count). The van der Waals surface area contributed by atoms with Crippen LogP contribution in [-0.4, -0.2) is 11.1 Å². The van der Waals surface area contributed by atoms with E-state index in [0.29, 0.717) is 5.69 Å². The van der Waals surface area contributed by atoms with Crippen LogP contribution in [0.4, 0.5) is 21.5 Å². The highest BCUT2D eigenvalue weighted by Crippen LogP contribution is 2.27. The summed E-state index contributed by atoms with van der Waals surface area (Å²) < 4.78 is 13.7. The number of carboxylic acid groups (broad SMARTS) is 1. The van der Waals surface area contributed by atoms with Crippen molar-refractivity contribution in [1.82, 2.24) is 0 Å². The van der Waals surface area contributed by atoms with Gasteiger partial charge in [0.1, 0.15) is 5.82 Å². The Morgan fingerprint density at radius 2 is 2.00 bits per heavy atom. The lowest BCUT2D eigenvalue weighted by molar-refractivity contribution is 0.0698. The fourth-order valence-corrected chi connectivity index (χ4v) is 1.73. The van der Waals surface area contributed by atoms with Gasteiger partial charge < -0.3 is 16.2 Å². The average molecular weight is 260 g/mol. The molecule has 0 atom stereocenters. The van der Waals surface area contributed by atoms with E-state index in [2.05, 4.69) is 5.32 Å². The van der Waals surface area contributed by atoms with E-state index >= 15 is 0 Å². The van der Waals surface area contributed by atoms with Crippen LogP contribution in [-0.2, 0) is 0 Å². The van der Waals surface area contributed by atoms with Gasteiger partial charge in [-0.15, -0.1) is 0 Å².